The van der Waals surface area contributed by atoms with E-state index in [2.05, 4.69) is 26.2 Å². The van der Waals surface area contributed by atoms with Crippen molar-refractivity contribution in [2.45, 2.75) is 75.5 Å². The van der Waals surface area contributed by atoms with Crippen molar-refractivity contribution in [2.75, 3.05) is 7.05 Å². The molecule has 1 aliphatic carbocycles. The highest BCUT2D eigenvalue weighted by molar-refractivity contribution is 8.00. The van der Waals surface area contributed by atoms with E-state index in [-0.39, 0.29) is 6.10 Å². The lowest BCUT2D eigenvalue weighted by molar-refractivity contribution is 0.195. The smallest absolute Gasteiger partial charge is 0.0628 e. The van der Waals surface area contributed by atoms with E-state index in [1.165, 1.54) is 32.1 Å². The van der Waals surface area contributed by atoms with Gasteiger partial charge in [0.1, 0.15) is 0 Å². The van der Waals surface area contributed by atoms with E-state index >= 15 is 0 Å². The Morgan fingerprint density at radius 3 is 2.59 bits per heavy atom. The van der Waals surface area contributed by atoms with Crippen LogP contribution in [0.1, 0.15) is 52.9 Å². The van der Waals surface area contributed by atoms with Crippen LogP contribution in [0.3, 0.4) is 0 Å². The number of hydrogen-bond acceptors (Lipinski definition) is 3. The topological polar surface area (TPSA) is 32.3 Å². The van der Waals surface area contributed by atoms with Gasteiger partial charge in [-0.3, -0.25) is 0 Å². The van der Waals surface area contributed by atoms with Gasteiger partial charge in [-0.1, -0.05) is 26.7 Å². The number of rotatable bonds is 6. The van der Waals surface area contributed by atoms with Crippen LogP contribution in [0.15, 0.2) is 0 Å². The lowest BCUT2D eigenvalue weighted by atomic mass is 9.83. The van der Waals surface area contributed by atoms with Gasteiger partial charge in [-0.25, -0.2) is 0 Å². The normalized spacial score (nSPS) is 33.4. The van der Waals surface area contributed by atoms with Crippen LogP contribution in [0.2, 0.25) is 0 Å². The fraction of sp³-hybridized carbons (Fsp3) is 1.00. The average Bonchev–Trinajstić information content (AvgIpc) is 2.29. The number of nitrogens with one attached hydrogen (secondary N) is 1. The molecule has 0 amide bonds. The van der Waals surface area contributed by atoms with E-state index in [0.717, 1.165) is 5.92 Å². The summed E-state index contributed by atoms with van der Waals surface area (Å²) in [6.45, 7) is 6.33. The molecule has 0 spiro atoms. The van der Waals surface area contributed by atoms with Gasteiger partial charge >= 0.3 is 0 Å². The number of thioether (sulfide) groups is 1. The molecule has 0 radical (unpaired) electrons. The predicted octanol–water partition coefficient (Wildman–Crippen LogP) is 3.05. The molecule has 3 heteroatoms. The zero-order valence-electron chi connectivity index (χ0n) is 11.8. The fourth-order valence-corrected chi connectivity index (χ4v) is 4.38. The van der Waals surface area contributed by atoms with Crippen LogP contribution in [-0.4, -0.2) is 34.8 Å². The summed E-state index contributed by atoms with van der Waals surface area (Å²) in [5.74, 6) is 0.906. The monoisotopic (exact) mass is 259 g/mol. The first-order chi connectivity index (χ1) is 8.08. The van der Waals surface area contributed by atoms with Gasteiger partial charge in [0.25, 0.3) is 0 Å². The van der Waals surface area contributed by atoms with Gasteiger partial charge in [0.15, 0.2) is 0 Å². The molecule has 2 nitrogen and oxygen atoms in total. The summed E-state index contributed by atoms with van der Waals surface area (Å²) in [7, 11) is 2.07. The maximum absolute atomic E-state index is 9.64. The largest absolute Gasteiger partial charge is 0.392 e. The van der Waals surface area contributed by atoms with Crippen LogP contribution in [0, 0.1) is 5.92 Å². The molecule has 0 aliphatic heterocycles. The first kappa shape index (κ1) is 15.3. The minimum absolute atomic E-state index is 0.205. The fourth-order valence-electron chi connectivity index (χ4n) is 2.75. The van der Waals surface area contributed by atoms with Crippen molar-refractivity contribution in [2.24, 2.45) is 5.92 Å². The molecular weight excluding hydrogens is 230 g/mol. The van der Waals surface area contributed by atoms with Crippen molar-refractivity contribution in [3.63, 3.8) is 0 Å². The third kappa shape index (κ3) is 4.80. The molecule has 1 fully saturated rings. The second kappa shape index (κ2) is 7.65. The molecule has 5 atom stereocenters. The Bertz CT molecular complexity index is 210. The van der Waals surface area contributed by atoms with Gasteiger partial charge < -0.3 is 10.4 Å². The molecule has 17 heavy (non-hydrogen) atoms. The van der Waals surface area contributed by atoms with Crippen LogP contribution < -0.4 is 5.32 Å². The van der Waals surface area contributed by atoms with E-state index < -0.39 is 0 Å². The van der Waals surface area contributed by atoms with E-state index in [9.17, 15) is 5.11 Å². The zero-order valence-corrected chi connectivity index (χ0v) is 12.6. The highest BCUT2D eigenvalue weighted by Crippen LogP contribution is 2.37. The zero-order chi connectivity index (χ0) is 12.8. The van der Waals surface area contributed by atoms with Crippen LogP contribution in [0.4, 0.5) is 0 Å². The van der Waals surface area contributed by atoms with Gasteiger partial charge in [0.05, 0.1) is 6.10 Å². The lowest BCUT2D eigenvalue weighted by Crippen LogP contribution is -2.42. The Morgan fingerprint density at radius 2 is 2.06 bits per heavy atom. The van der Waals surface area contributed by atoms with Crippen molar-refractivity contribution in [1.82, 2.24) is 5.32 Å². The van der Waals surface area contributed by atoms with E-state index in [1.807, 2.05) is 18.7 Å². The molecule has 2 N–H and O–H groups in total. The van der Waals surface area contributed by atoms with Gasteiger partial charge in [0, 0.05) is 16.5 Å². The third-order valence-corrected chi connectivity index (χ3v) is 5.73. The lowest BCUT2D eigenvalue weighted by Gasteiger charge is -2.37. The molecular formula is C14H29NOS. The highest BCUT2D eigenvalue weighted by Gasteiger charge is 2.31. The molecule has 1 rings (SSSR count). The Labute approximate surface area is 111 Å². The Balaban J connectivity index is 2.50. The molecule has 0 saturated heterocycles. The van der Waals surface area contributed by atoms with Crippen LogP contribution in [0.5, 0.6) is 0 Å². The second-order valence-corrected chi connectivity index (χ2v) is 7.10. The molecule has 5 unspecified atom stereocenters. The molecule has 0 aromatic carbocycles. The first-order valence-corrected chi connectivity index (χ1v) is 8.03. The number of aliphatic hydroxyl groups is 1. The SMILES string of the molecule is CCCC1CCC(NC)C(SC(C)C(C)O)C1. The summed E-state index contributed by atoms with van der Waals surface area (Å²) < 4.78 is 0. The second-order valence-electron chi connectivity index (χ2n) is 5.48. The molecule has 1 aliphatic rings. The summed E-state index contributed by atoms with van der Waals surface area (Å²) in [5.41, 5.74) is 0. The summed E-state index contributed by atoms with van der Waals surface area (Å²) in [6, 6.07) is 0.634. The minimum Gasteiger partial charge on any atom is -0.392 e. The Kier molecular flexibility index (Phi) is 6.90. The first-order valence-electron chi connectivity index (χ1n) is 7.09. The number of aliphatic hydroxyl groups excluding tert-OH is 1. The van der Waals surface area contributed by atoms with Crippen molar-refractivity contribution in [3.8, 4) is 0 Å². The standard InChI is InChI=1S/C14H29NOS/c1-5-6-12-7-8-13(15-4)14(9-12)17-11(3)10(2)16/h10-16H,5-9H2,1-4H3. The van der Waals surface area contributed by atoms with Crippen molar-refractivity contribution in [1.29, 1.82) is 0 Å². The van der Waals surface area contributed by atoms with Gasteiger partial charge in [-0.05, 0) is 39.2 Å². The van der Waals surface area contributed by atoms with E-state index in [1.54, 1.807) is 0 Å². The van der Waals surface area contributed by atoms with Crippen molar-refractivity contribution in [3.05, 3.63) is 0 Å². The van der Waals surface area contributed by atoms with E-state index in [0.29, 0.717) is 16.5 Å². The minimum atomic E-state index is -0.205. The predicted molar refractivity (Wildman–Crippen MR) is 77.6 cm³/mol. The summed E-state index contributed by atoms with van der Waals surface area (Å²) in [5, 5.41) is 14.1. The molecule has 0 bridgehead atoms. The Morgan fingerprint density at radius 1 is 1.35 bits per heavy atom. The quantitative estimate of drug-likeness (QED) is 0.769. The van der Waals surface area contributed by atoms with Crippen molar-refractivity contribution >= 4 is 11.8 Å². The number of hydrogen-bond donors (Lipinski definition) is 2. The molecule has 0 heterocycles. The van der Waals surface area contributed by atoms with Gasteiger partial charge in [-0.2, -0.15) is 11.8 Å². The third-order valence-electron chi connectivity index (χ3n) is 4.04. The van der Waals surface area contributed by atoms with Crippen molar-refractivity contribution < 1.29 is 5.11 Å². The Hall–Kier alpha value is 0.270. The maximum Gasteiger partial charge on any atom is 0.0628 e. The molecule has 0 aromatic heterocycles. The molecule has 0 aromatic rings. The maximum atomic E-state index is 9.64. The average molecular weight is 259 g/mol. The van der Waals surface area contributed by atoms with Gasteiger partial charge in [0.2, 0.25) is 0 Å². The summed E-state index contributed by atoms with van der Waals surface area (Å²) in [6.07, 6.45) is 6.46. The highest BCUT2D eigenvalue weighted by atomic mass is 32.2. The van der Waals surface area contributed by atoms with Gasteiger partial charge in [-0.15, -0.1) is 0 Å². The molecule has 1 saturated carbocycles. The molecule has 102 valence electrons. The summed E-state index contributed by atoms with van der Waals surface area (Å²) >= 11 is 1.98. The van der Waals surface area contributed by atoms with Crippen LogP contribution in [-0.2, 0) is 0 Å². The summed E-state index contributed by atoms with van der Waals surface area (Å²) in [4.78, 5) is 0. The van der Waals surface area contributed by atoms with Crippen LogP contribution >= 0.6 is 11.8 Å². The van der Waals surface area contributed by atoms with Crippen LogP contribution in [0.25, 0.3) is 0 Å². The van der Waals surface area contributed by atoms with E-state index in [4.69, 9.17) is 0 Å².